The van der Waals surface area contributed by atoms with Crippen molar-refractivity contribution in [1.82, 2.24) is 10.3 Å². The summed E-state index contributed by atoms with van der Waals surface area (Å²) in [6, 6.07) is 5.50. The van der Waals surface area contributed by atoms with Crippen LogP contribution in [0.5, 0.6) is 0 Å². The van der Waals surface area contributed by atoms with Crippen LogP contribution in [-0.4, -0.2) is 16.9 Å². The summed E-state index contributed by atoms with van der Waals surface area (Å²) in [4.78, 5) is 15.9. The van der Waals surface area contributed by atoms with E-state index in [9.17, 15) is 4.79 Å². The van der Waals surface area contributed by atoms with Gasteiger partial charge in [0.25, 0.3) is 5.91 Å². The van der Waals surface area contributed by atoms with Crippen molar-refractivity contribution >= 4 is 23.1 Å². The SMILES string of the molecule is CC(Cc1ccsc1)NC(=O)c1cccnc1N. The van der Waals surface area contributed by atoms with E-state index in [4.69, 9.17) is 5.73 Å². The van der Waals surface area contributed by atoms with Crippen LogP contribution in [0.4, 0.5) is 5.82 Å². The molecule has 0 aliphatic heterocycles. The van der Waals surface area contributed by atoms with Crippen LogP contribution in [0.1, 0.15) is 22.8 Å². The van der Waals surface area contributed by atoms with Crippen LogP contribution >= 0.6 is 11.3 Å². The largest absolute Gasteiger partial charge is 0.383 e. The third kappa shape index (κ3) is 3.07. The molecule has 1 atom stereocenters. The Morgan fingerprint density at radius 2 is 2.39 bits per heavy atom. The molecule has 0 aliphatic carbocycles. The fourth-order valence-corrected chi connectivity index (χ4v) is 2.41. The van der Waals surface area contributed by atoms with Crippen LogP contribution in [0.15, 0.2) is 35.2 Å². The molecule has 0 radical (unpaired) electrons. The lowest BCUT2D eigenvalue weighted by Crippen LogP contribution is -2.34. The Kier molecular flexibility index (Phi) is 3.94. The molecule has 2 heterocycles. The second-order valence-electron chi connectivity index (χ2n) is 4.15. The average Bonchev–Trinajstić information content (AvgIpc) is 2.82. The third-order valence-corrected chi connectivity index (χ3v) is 3.31. The zero-order valence-electron chi connectivity index (χ0n) is 10.1. The molecule has 2 rings (SSSR count). The molecule has 0 spiro atoms. The van der Waals surface area contributed by atoms with Gasteiger partial charge in [-0.3, -0.25) is 4.79 Å². The molecule has 4 nitrogen and oxygen atoms in total. The van der Waals surface area contributed by atoms with Crippen molar-refractivity contribution in [2.75, 3.05) is 5.73 Å². The highest BCUT2D eigenvalue weighted by molar-refractivity contribution is 7.07. The molecule has 5 heteroatoms. The number of nitrogens with zero attached hydrogens (tertiary/aromatic N) is 1. The average molecular weight is 261 g/mol. The number of rotatable bonds is 4. The first kappa shape index (κ1) is 12.6. The molecule has 1 amide bonds. The maximum absolute atomic E-state index is 12.0. The molecular weight excluding hydrogens is 246 g/mol. The molecule has 2 aromatic rings. The second kappa shape index (κ2) is 5.64. The van der Waals surface area contributed by atoms with E-state index < -0.39 is 0 Å². The Bertz CT molecular complexity index is 525. The smallest absolute Gasteiger partial charge is 0.255 e. The Morgan fingerprint density at radius 3 is 3.06 bits per heavy atom. The predicted molar refractivity (Wildman–Crippen MR) is 73.6 cm³/mol. The molecule has 1 unspecified atom stereocenters. The van der Waals surface area contributed by atoms with Crippen molar-refractivity contribution < 1.29 is 4.79 Å². The van der Waals surface area contributed by atoms with Gasteiger partial charge in [-0.2, -0.15) is 11.3 Å². The standard InChI is InChI=1S/C13H15N3OS/c1-9(7-10-4-6-18-8-10)16-13(17)11-3-2-5-15-12(11)14/h2-6,8-9H,7H2,1H3,(H2,14,15)(H,16,17). The van der Waals surface area contributed by atoms with E-state index in [0.29, 0.717) is 5.56 Å². The van der Waals surface area contributed by atoms with Gasteiger partial charge in [-0.15, -0.1) is 0 Å². The minimum Gasteiger partial charge on any atom is -0.383 e. The highest BCUT2D eigenvalue weighted by Gasteiger charge is 2.13. The molecule has 0 fully saturated rings. The van der Waals surface area contributed by atoms with Gasteiger partial charge in [0.2, 0.25) is 0 Å². The van der Waals surface area contributed by atoms with Crippen LogP contribution in [0.2, 0.25) is 0 Å². The maximum atomic E-state index is 12.0. The Morgan fingerprint density at radius 1 is 1.56 bits per heavy atom. The number of hydrogen-bond donors (Lipinski definition) is 2. The number of nitrogens with one attached hydrogen (secondary N) is 1. The van der Waals surface area contributed by atoms with Gasteiger partial charge in [-0.25, -0.2) is 4.98 Å². The molecule has 94 valence electrons. The van der Waals surface area contributed by atoms with E-state index in [1.807, 2.05) is 12.3 Å². The first-order chi connectivity index (χ1) is 8.66. The Labute approximate surface area is 110 Å². The van der Waals surface area contributed by atoms with E-state index in [1.54, 1.807) is 29.7 Å². The van der Waals surface area contributed by atoms with Gasteiger partial charge in [0.1, 0.15) is 5.82 Å². The molecule has 3 N–H and O–H groups in total. The quantitative estimate of drug-likeness (QED) is 0.885. The number of aromatic nitrogens is 1. The van der Waals surface area contributed by atoms with Crippen LogP contribution < -0.4 is 11.1 Å². The molecule has 2 aromatic heterocycles. The summed E-state index contributed by atoms with van der Waals surface area (Å²) >= 11 is 1.66. The van der Waals surface area contributed by atoms with Crippen LogP contribution in [0.25, 0.3) is 0 Å². The van der Waals surface area contributed by atoms with Gasteiger partial charge in [0, 0.05) is 12.2 Å². The molecule has 0 saturated heterocycles. The van der Waals surface area contributed by atoms with Crippen molar-refractivity contribution in [2.45, 2.75) is 19.4 Å². The summed E-state index contributed by atoms with van der Waals surface area (Å²) in [5, 5.41) is 7.04. The van der Waals surface area contributed by atoms with Gasteiger partial charge in [0.15, 0.2) is 0 Å². The summed E-state index contributed by atoms with van der Waals surface area (Å²) in [5.41, 5.74) is 7.32. The number of anilines is 1. The molecule has 0 aromatic carbocycles. The van der Waals surface area contributed by atoms with Gasteiger partial charge in [0.05, 0.1) is 5.56 Å². The molecule has 0 aliphatic rings. The number of pyridine rings is 1. The summed E-state index contributed by atoms with van der Waals surface area (Å²) in [6.07, 6.45) is 2.39. The minimum atomic E-state index is -0.177. The zero-order valence-corrected chi connectivity index (χ0v) is 10.9. The number of carbonyl (C=O) groups excluding carboxylic acids is 1. The number of nitrogens with two attached hydrogens (primary N) is 1. The van der Waals surface area contributed by atoms with Crippen LogP contribution in [0, 0.1) is 0 Å². The van der Waals surface area contributed by atoms with Gasteiger partial charge in [-0.05, 0) is 47.9 Å². The second-order valence-corrected chi connectivity index (χ2v) is 4.93. The number of nitrogen functional groups attached to an aromatic ring is 1. The highest BCUT2D eigenvalue weighted by Crippen LogP contribution is 2.10. The number of carbonyl (C=O) groups is 1. The summed E-state index contributed by atoms with van der Waals surface area (Å²) < 4.78 is 0. The van der Waals surface area contributed by atoms with E-state index in [-0.39, 0.29) is 17.8 Å². The normalized spacial score (nSPS) is 12.1. The van der Waals surface area contributed by atoms with Gasteiger partial charge < -0.3 is 11.1 Å². The highest BCUT2D eigenvalue weighted by atomic mass is 32.1. The molecule has 0 bridgehead atoms. The number of hydrogen-bond acceptors (Lipinski definition) is 4. The monoisotopic (exact) mass is 261 g/mol. The van der Waals surface area contributed by atoms with Gasteiger partial charge in [-0.1, -0.05) is 0 Å². The zero-order chi connectivity index (χ0) is 13.0. The molecular formula is C13H15N3OS. The lowest BCUT2D eigenvalue weighted by atomic mass is 10.1. The summed E-state index contributed by atoms with van der Waals surface area (Å²) in [7, 11) is 0. The Hall–Kier alpha value is -1.88. The van der Waals surface area contributed by atoms with Crippen LogP contribution in [0.3, 0.4) is 0 Å². The van der Waals surface area contributed by atoms with Crippen molar-refractivity contribution in [3.63, 3.8) is 0 Å². The topological polar surface area (TPSA) is 68.0 Å². The van der Waals surface area contributed by atoms with Crippen molar-refractivity contribution in [2.24, 2.45) is 0 Å². The number of amides is 1. The van der Waals surface area contributed by atoms with Gasteiger partial charge >= 0.3 is 0 Å². The van der Waals surface area contributed by atoms with E-state index in [2.05, 4.69) is 21.7 Å². The van der Waals surface area contributed by atoms with E-state index in [0.717, 1.165) is 6.42 Å². The third-order valence-electron chi connectivity index (χ3n) is 2.58. The van der Waals surface area contributed by atoms with Crippen molar-refractivity contribution in [3.8, 4) is 0 Å². The van der Waals surface area contributed by atoms with Crippen LogP contribution in [-0.2, 0) is 6.42 Å². The molecule has 18 heavy (non-hydrogen) atoms. The summed E-state index contributed by atoms with van der Waals surface area (Å²) in [6.45, 7) is 1.97. The fourth-order valence-electron chi connectivity index (χ4n) is 1.72. The molecule has 0 saturated carbocycles. The first-order valence-corrected chi connectivity index (χ1v) is 6.63. The van der Waals surface area contributed by atoms with E-state index in [1.165, 1.54) is 5.56 Å². The lowest BCUT2D eigenvalue weighted by molar-refractivity contribution is 0.0941. The maximum Gasteiger partial charge on any atom is 0.255 e. The van der Waals surface area contributed by atoms with Crippen molar-refractivity contribution in [1.29, 1.82) is 0 Å². The lowest BCUT2D eigenvalue weighted by Gasteiger charge is -2.13. The summed E-state index contributed by atoms with van der Waals surface area (Å²) in [5.74, 6) is 0.0843. The first-order valence-electron chi connectivity index (χ1n) is 5.69. The fraction of sp³-hybridized carbons (Fsp3) is 0.231. The predicted octanol–water partition coefficient (Wildman–Crippen LogP) is 2.09. The number of thiophene rings is 1. The minimum absolute atomic E-state index is 0.0618. The van der Waals surface area contributed by atoms with E-state index >= 15 is 0 Å². The van der Waals surface area contributed by atoms with Crippen molar-refractivity contribution in [3.05, 3.63) is 46.3 Å². The Balaban J connectivity index is 1.97.